The number of hydrogen-bond acceptors (Lipinski definition) is 2. The van der Waals surface area contributed by atoms with E-state index in [1.54, 1.807) is 0 Å². The third kappa shape index (κ3) is 6.19. The van der Waals surface area contributed by atoms with Crippen LogP contribution in [0.15, 0.2) is 0 Å². The molecule has 0 bridgehead atoms. The minimum absolute atomic E-state index is 0.481. The summed E-state index contributed by atoms with van der Waals surface area (Å²) in [6.45, 7) is 7.12. The first-order valence-corrected chi connectivity index (χ1v) is 8.27. The highest BCUT2D eigenvalue weighted by Gasteiger charge is 2.22. The Hall–Kier alpha value is -0.0800. The Morgan fingerprint density at radius 3 is 2.11 bits per heavy atom. The van der Waals surface area contributed by atoms with Gasteiger partial charge >= 0.3 is 0 Å². The molecule has 0 aromatic rings. The second kappa shape index (κ2) is 9.80. The van der Waals surface area contributed by atoms with Gasteiger partial charge in [-0.05, 0) is 45.2 Å². The van der Waals surface area contributed by atoms with Crippen molar-refractivity contribution in [2.24, 2.45) is 5.73 Å². The Morgan fingerprint density at radius 1 is 0.889 bits per heavy atom. The van der Waals surface area contributed by atoms with Crippen molar-refractivity contribution < 1.29 is 0 Å². The maximum Gasteiger partial charge on any atom is 0.00962 e. The zero-order chi connectivity index (χ0) is 13.2. The number of hydrogen-bond donors (Lipinski definition) is 1. The summed E-state index contributed by atoms with van der Waals surface area (Å²) in [7, 11) is 0. The van der Waals surface area contributed by atoms with Crippen molar-refractivity contribution >= 4 is 0 Å². The predicted molar refractivity (Wildman–Crippen MR) is 80.9 cm³/mol. The molecule has 0 saturated heterocycles. The summed E-state index contributed by atoms with van der Waals surface area (Å²) in [6.07, 6.45) is 13.6. The molecule has 0 spiro atoms. The van der Waals surface area contributed by atoms with Gasteiger partial charge < -0.3 is 10.6 Å². The van der Waals surface area contributed by atoms with Gasteiger partial charge in [-0.15, -0.1) is 0 Å². The van der Waals surface area contributed by atoms with Crippen LogP contribution in [0.25, 0.3) is 0 Å². The zero-order valence-electron chi connectivity index (χ0n) is 12.7. The molecule has 0 aromatic carbocycles. The second-order valence-corrected chi connectivity index (χ2v) is 5.96. The van der Waals surface area contributed by atoms with Crippen LogP contribution in [0.5, 0.6) is 0 Å². The lowest BCUT2D eigenvalue weighted by molar-refractivity contribution is 0.154. The third-order valence-corrected chi connectivity index (χ3v) is 4.46. The third-order valence-electron chi connectivity index (χ3n) is 4.46. The summed E-state index contributed by atoms with van der Waals surface area (Å²) >= 11 is 0. The Balaban J connectivity index is 2.09. The van der Waals surface area contributed by atoms with Crippen LogP contribution in [0, 0.1) is 0 Å². The molecule has 2 N–H and O–H groups in total. The molecule has 108 valence electrons. The molecule has 0 unspecified atom stereocenters. The number of nitrogens with two attached hydrogens (primary N) is 1. The molecule has 0 radical (unpaired) electrons. The van der Waals surface area contributed by atoms with Gasteiger partial charge in [-0.1, -0.05) is 46.0 Å². The summed E-state index contributed by atoms with van der Waals surface area (Å²) in [5.74, 6) is 0. The van der Waals surface area contributed by atoms with E-state index < -0.39 is 0 Å². The van der Waals surface area contributed by atoms with Gasteiger partial charge in [0.05, 0.1) is 0 Å². The van der Waals surface area contributed by atoms with E-state index >= 15 is 0 Å². The Morgan fingerprint density at radius 2 is 1.50 bits per heavy atom. The summed E-state index contributed by atoms with van der Waals surface area (Å²) < 4.78 is 0. The molecule has 1 rings (SSSR count). The monoisotopic (exact) mass is 254 g/mol. The van der Waals surface area contributed by atoms with Crippen molar-refractivity contribution in [1.29, 1.82) is 0 Å². The number of rotatable bonds is 9. The zero-order valence-corrected chi connectivity index (χ0v) is 12.7. The predicted octanol–water partition coefficient (Wildman–Crippen LogP) is 3.94. The van der Waals surface area contributed by atoms with Gasteiger partial charge in [0.1, 0.15) is 0 Å². The highest BCUT2D eigenvalue weighted by molar-refractivity contribution is 4.80. The number of nitrogens with zero attached hydrogens (tertiary/aromatic N) is 1. The normalized spacial score (nSPS) is 24.7. The van der Waals surface area contributed by atoms with Crippen LogP contribution in [-0.4, -0.2) is 30.1 Å². The van der Waals surface area contributed by atoms with Gasteiger partial charge in [0.25, 0.3) is 0 Å². The van der Waals surface area contributed by atoms with Crippen LogP contribution in [-0.2, 0) is 0 Å². The van der Waals surface area contributed by atoms with Crippen LogP contribution < -0.4 is 5.73 Å². The first kappa shape index (κ1) is 16.0. The fourth-order valence-electron chi connectivity index (χ4n) is 3.16. The quantitative estimate of drug-likeness (QED) is 0.632. The van der Waals surface area contributed by atoms with Gasteiger partial charge in [-0.25, -0.2) is 0 Å². The first-order valence-electron chi connectivity index (χ1n) is 8.27. The molecule has 0 atom stereocenters. The van der Waals surface area contributed by atoms with Crippen LogP contribution >= 0.6 is 0 Å². The fourth-order valence-corrected chi connectivity index (χ4v) is 3.16. The average Bonchev–Trinajstić information content (AvgIpc) is 2.39. The van der Waals surface area contributed by atoms with E-state index in [-0.39, 0.29) is 0 Å². The van der Waals surface area contributed by atoms with E-state index in [2.05, 4.69) is 18.7 Å². The van der Waals surface area contributed by atoms with Gasteiger partial charge in [-0.3, -0.25) is 0 Å². The molecular weight excluding hydrogens is 220 g/mol. The van der Waals surface area contributed by atoms with E-state index in [4.69, 9.17) is 5.73 Å². The van der Waals surface area contributed by atoms with Crippen molar-refractivity contribution in [2.75, 3.05) is 13.1 Å². The van der Waals surface area contributed by atoms with Crippen molar-refractivity contribution in [1.82, 2.24) is 4.90 Å². The van der Waals surface area contributed by atoms with E-state index in [1.165, 1.54) is 77.3 Å². The van der Waals surface area contributed by atoms with Crippen molar-refractivity contribution in [3.63, 3.8) is 0 Å². The molecule has 2 heteroatoms. The summed E-state index contributed by atoms with van der Waals surface area (Å²) in [5, 5.41) is 0. The highest BCUT2D eigenvalue weighted by Crippen LogP contribution is 2.22. The Kier molecular flexibility index (Phi) is 8.70. The van der Waals surface area contributed by atoms with Crippen LogP contribution in [0.2, 0.25) is 0 Å². The van der Waals surface area contributed by atoms with Crippen molar-refractivity contribution in [3.05, 3.63) is 0 Å². The maximum atomic E-state index is 5.99. The molecule has 2 nitrogen and oxygen atoms in total. The molecule has 0 aromatic heterocycles. The first-order chi connectivity index (χ1) is 8.77. The van der Waals surface area contributed by atoms with Crippen LogP contribution in [0.1, 0.15) is 78.1 Å². The lowest BCUT2D eigenvalue weighted by Crippen LogP contribution is -2.41. The Bertz CT molecular complexity index is 186. The molecule has 0 amide bonds. The summed E-state index contributed by atoms with van der Waals surface area (Å²) in [6, 6.07) is 1.31. The maximum absolute atomic E-state index is 5.99. The molecule has 18 heavy (non-hydrogen) atoms. The van der Waals surface area contributed by atoms with Gasteiger partial charge in [0.15, 0.2) is 0 Å². The second-order valence-electron chi connectivity index (χ2n) is 5.96. The van der Waals surface area contributed by atoms with Crippen LogP contribution in [0.3, 0.4) is 0 Å². The lowest BCUT2D eigenvalue weighted by Gasteiger charge is -2.35. The van der Waals surface area contributed by atoms with Crippen molar-refractivity contribution in [2.45, 2.75) is 90.1 Å². The Labute approximate surface area is 114 Å². The fraction of sp³-hybridized carbons (Fsp3) is 1.00. The van der Waals surface area contributed by atoms with Gasteiger partial charge in [0, 0.05) is 12.1 Å². The largest absolute Gasteiger partial charge is 0.328 e. The average molecular weight is 254 g/mol. The lowest BCUT2D eigenvalue weighted by atomic mass is 9.90. The van der Waals surface area contributed by atoms with Gasteiger partial charge in [-0.2, -0.15) is 0 Å². The standard InChI is InChI=1S/C16H34N2/c1-3-5-6-7-8-9-14-18(4-2)16-12-10-15(17)11-13-16/h15-16H,3-14,17H2,1-2H3. The highest BCUT2D eigenvalue weighted by atomic mass is 15.1. The van der Waals surface area contributed by atoms with Gasteiger partial charge in [0.2, 0.25) is 0 Å². The molecule has 1 aliphatic rings. The summed E-state index contributed by atoms with van der Waals surface area (Å²) in [4.78, 5) is 2.70. The molecule has 1 fully saturated rings. The van der Waals surface area contributed by atoms with E-state index in [0.717, 1.165) is 6.04 Å². The number of unbranched alkanes of at least 4 members (excludes halogenated alkanes) is 5. The smallest absolute Gasteiger partial charge is 0.00962 e. The van der Waals surface area contributed by atoms with E-state index in [9.17, 15) is 0 Å². The minimum atomic E-state index is 0.481. The minimum Gasteiger partial charge on any atom is -0.328 e. The summed E-state index contributed by atoms with van der Waals surface area (Å²) in [5.41, 5.74) is 5.99. The molecule has 1 saturated carbocycles. The van der Waals surface area contributed by atoms with Crippen molar-refractivity contribution in [3.8, 4) is 0 Å². The SMILES string of the molecule is CCCCCCCCN(CC)C1CCC(N)CC1. The molecular formula is C16H34N2. The molecule has 0 heterocycles. The molecule has 1 aliphatic carbocycles. The van der Waals surface area contributed by atoms with E-state index in [0.29, 0.717) is 6.04 Å². The molecule has 0 aliphatic heterocycles. The van der Waals surface area contributed by atoms with Crippen LogP contribution in [0.4, 0.5) is 0 Å². The van der Waals surface area contributed by atoms with E-state index in [1.807, 2.05) is 0 Å². The topological polar surface area (TPSA) is 29.3 Å².